The average Bonchev–Trinajstić information content (AvgIpc) is 2.77. The van der Waals surface area contributed by atoms with Crippen molar-refractivity contribution < 1.29 is 9.32 Å². The molecule has 0 aliphatic carbocycles. The second-order valence-corrected chi connectivity index (χ2v) is 5.59. The van der Waals surface area contributed by atoms with Crippen molar-refractivity contribution in [2.45, 2.75) is 33.6 Å². The highest BCUT2D eigenvalue weighted by molar-refractivity contribution is 5.78. The lowest BCUT2D eigenvalue weighted by Crippen LogP contribution is -2.38. The molecular weight excluding hydrogens is 232 g/mol. The molecule has 1 aromatic rings. The van der Waals surface area contributed by atoms with Crippen LogP contribution in [0, 0.1) is 11.3 Å². The molecule has 0 spiro atoms. The maximum absolute atomic E-state index is 11.9. The summed E-state index contributed by atoms with van der Waals surface area (Å²) in [7, 11) is 0. The van der Waals surface area contributed by atoms with E-state index >= 15 is 0 Å². The lowest BCUT2D eigenvalue weighted by atomic mass is 9.84. The molecule has 0 saturated carbocycles. The molecule has 1 atom stereocenters. The monoisotopic (exact) mass is 254 g/mol. The van der Waals surface area contributed by atoms with E-state index in [1.807, 2.05) is 0 Å². The minimum Gasteiger partial charge on any atom is -0.355 e. The number of aromatic nitrogens is 2. The van der Waals surface area contributed by atoms with E-state index in [0.717, 1.165) is 6.42 Å². The number of nitrogens with one attached hydrogen (secondary N) is 1. The van der Waals surface area contributed by atoms with Crippen LogP contribution >= 0.6 is 0 Å². The van der Waals surface area contributed by atoms with E-state index in [-0.39, 0.29) is 17.2 Å². The topological polar surface area (TPSA) is 94.0 Å². The zero-order chi connectivity index (χ0) is 13.6. The molecule has 0 aromatic carbocycles. The van der Waals surface area contributed by atoms with Crippen molar-refractivity contribution in [1.82, 2.24) is 15.5 Å². The van der Waals surface area contributed by atoms with Gasteiger partial charge in [0.05, 0.1) is 5.92 Å². The third kappa shape index (κ3) is 5.27. The predicted molar refractivity (Wildman–Crippen MR) is 67.6 cm³/mol. The van der Waals surface area contributed by atoms with Gasteiger partial charge in [0.25, 0.3) is 0 Å². The Morgan fingerprint density at radius 2 is 2.28 bits per heavy atom. The second-order valence-electron chi connectivity index (χ2n) is 5.59. The number of hydrogen-bond donors (Lipinski definition) is 2. The van der Waals surface area contributed by atoms with Gasteiger partial charge in [-0.05, 0) is 11.8 Å². The van der Waals surface area contributed by atoms with Gasteiger partial charge >= 0.3 is 0 Å². The predicted octanol–water partition coefficient (Wildman–Crippen LogP) is 0.739. The van der Waals surface area contributed by atoms with E-state index in [1.165, 1.54) is 6.39 Å². The van der Waals surface area contributed by atoms with Crippen molar-refractivity contribution in [1.29, 1.82) is 0 Å². The minimum absolute atomic E-state index is 0.00378. The van der Waals surface area contributed by atoms with Crippen LogP contribution in [-0.4, -0.2) is 29.1 Å². The molecule has 6 nitrogen and oxygen atoms in total. The first kappa shape index (κ1) is 14.6. The Morgan fingerprint density at radius 1 is 1.56 bits per heavy atom. The molecule has 0 aliphatic heterocycles. The molecule has 102 valence electrons. The van der Waals surface area contributed by atoms with Crippen molar-refractivity contribution in [3.8, 4) is 0 Å². The smallest absolute Gasteiger partial charge is 0.224 e. The molecule has 1 heterocycles. The van der Waals surface area contributed by atoms with Crippen LogP contribution in [0.3, 0.4) is 0 Å². The Hall–Kier alpha value is -1.43. The Balaban J connectivity index is 2.33. The summed E-state index contributed by atoms with van der Waals surface area (Å²) in [6.07, 6.45) is 2.62. The van der Waals surface area contributed by atoms with E-state index in [1.54, 1.807) is 0 Å². The normalized spacial score (nSPS) is 13.3. The molecule has 0 fully saturated rings. The summed E-state index contributed by atoms with van der Waals surface area (Å²) in [6, 6.07) is 0. The molecule has 0 aliphatic rings. The van der Waals surface area contributed by atoms with Gasteiger partial charge in [0.15, 0.2) is 5.82 Å². The van der Waals surface area contributed by atoms with Gasteiger partial charge < -0.3 is 15.6 Å². The summed E-state index contributed by atoms with van der Waals surface area (Å²) in [6.45, 7) is 7.16. The van der Waals surface area contributed by atoms with Crippen molar-refractivity contribution in [3.05, 3.63) is 12.2 Å². The summed E-state index contributed by atoms with van der Waals surface area (Å²) in [5.74, 6) is 0.446. The van der Waals surface area contributed by atoms with Gasteiger partial charge in [-0.2, -0.15) is 4.98 Å². The largest absolute Gasteiger partial charge is 0.355 e. The molecule has 0 radical (unpaired) electrons. The van der Waals surface area contributed by atoms with E-state index in [2.05, 4.69) is 40.8 Å². The highest BCUT2D eigenvalue weighted by atomic mass is 16.5. The van der Waals surface area contributed by atoms with Gasteiger partial charge in [0.2, 0.25) is 12.3 Å². The summed E-state index contributed by atoms with van der Waals surface area (Å²) >= 11 is 0. The van der Waals surface area contributed by atoms with Crippen LogP contribution in [0.15, 0.2) is 10.9 Å². The zero-order valence-corrected chi connectivity index (χ0v) is 11.3. The highest BCUT2D eigenvalue weighted by Gasteiger charge is 2.23. The second kappa shape index (κ2) is 6.49. The third-order valence-corrected chi connectivity index (χ3v) is 2.57. The standard InChI is InChI=1S/C12H22N4O2/c1-12(2,3)6-9(7-13)11(17)14-5-4-10-15-8-18-16-10/h8-9H,4-7,13H2,1-3H3,(H,14,17). The SMILES string of the molecule is CC(C)(C)CC(CN)C(=O)NCCc1ncon1. The molecular formula is C12H22N4O2. The highest BCUT2D eigenvalue weighted by Crippen LogP contribution is 2.23. The average molecular weight is 254 g/mol. The Morgan fingerprint density at radius 3 is 2.78 bits per heavy atom. The van der Waals surface area contributed by atoms with Gasteiger partial charge in [-0.1, -0.05) is 25.9 Å². The van der Waals surface area contributed by atoms with E-state index in [0.29, 0.717) is 25.3 Å². The van der Waals surface area contributed by atoms with Crippen LogP contribution in [0.5, 0.6) is 0 Å². The van der Waals surface area contributed by atoms with Crippen molar-refractivity contribution >= 4 is 5.91 Å². The van der Waals surface area contributed by atoms with Crippen molar-refractivity contribution in [2.24, 2.45) is 17.1 Å². The number of hydrogen-bond acceptors (Lipinski definition) is 5. The molecule has 3 N–H and O–H groups in total. The van der Waals surface area contributed by atoms with Gasteiger partial charge in [-0.3, -0.25) is 4.79 Å². The number of carbonyl (C=O) groups excluding carboxylic acids is 1. The van der Waals surface area contributed by atoms with E-state index in [4.69, 9.17) is 5.73 Å². The number of carbonyl (C=O) groups is 1. The maximum Gasteiger partial charge on any atom is 0.224 e. The Kier molecular flexibility index (Phi) is 5.27. The van der Waals surface area contributed by atoms with Crippen LogP contribution in [0.25, 0.3) is 0 Å². The molecule has 1 unspecified atom stereocenters. The van der Waals surface area contributed by atoms with E-state index in [9.17, 15) is 4.79 Å². The fourth-order valence-corrected chi connectivity index (χ4v) is 1.77. The van der Waals surface area contributed by atoms with Gasteiger partial charge in [0, 0.05) is 19.5 Å². The van der Waals surface area contributed by atoms with Gasteiger partial charge in [0.1, 0.15) is 0 Å². The Bertz CT molecular complexity index is 357. The molecule has 18 heavy (non-hydrogen) atoms. The Labute approximate surface area is 107 Å². The number of rotatable bonds is 6. The number of amides is 1. The lowest BCUT2D eigenvalue weighted by Gasteiger charge is -2.24. The minimum atomic E-state index is -0.143. The quantitative estimate of drug-likeness (QED) is 0.780. The molecule has 1 amide bonds. The number of nitrogens with zero attached hydrogens (tertiary/aromatic N) is 2. The van der Waals surface area contributed by atoms with E-state index < -0.39 is 0 Å². The molecule has 1 rings (SSSR count). The van der Waals surface area contributed by atoms with Crippen LogP contribution < -0.4 is 11.1 Å². The molecule has 0 bridgehead atoms. The van der Waals surface area contributed by atoms with Crippen molar-refractivity contribution in [3.63, 3.8) is 0 Å². The summed E-state index contributed by atoms with van der Waals surface area (Å²) < 4.78 is 4.61. The number of nitrogens with two attached hydrogens (primary N) is 1. The first-order chi connectivity index (χ1) is 8.42. The molecule has 6 heteroatoms. The van der Waals surface area contributed by atoms with Crippen LogP contribution in [0.1, 0.15) is 33.0 Å². The zero-order valence-electron chi connectivity index (χ0n) is 11.3. The first-order valence-electron chi connectivity index (χ1n) is 6.15. The van der Waals surface area contributed by atoms with Gasteiger partial charge in [-0.25, -0.2) is 0 Å². The van der Waals surface area contributed by atoms with Crippen LogP contribution in [0.4, 0.5) is 0 Å². The van der Waals surface area contributed by atoms with Crippen LogP contribution in [-0.2, 0) is 11.2 Å². The molecule has 0 saturated heterocycles. The summed E-state index contributed by atoms with van der Waals surface area (Å²) in [5.41, 5.74) is 5.74. The summed E-state index contributed by atoms with van der Waals surface area (Å²) in [4.78, 5) is 15.8. The molecule has 1 aromatic heterocycles. The van der Waals surface area contributed by atoms with Crippen molar-refractivity contribution in [2.75, 3.05) is 13.1 Å². The third-order valence-electron chi connectivity index (χ3n) is 2.57. The fourth-order valence-electron chi connectivity index (χ4n) is 1.77. The van der Waals surface area contributed by atoms with Gasteiger partial charge in [-0.15, -0.1) is 0 Å². The summed E-state index contributed by atoms with van der Waals surface area (Å²) in [5, 5.41) is 6.53. The maximum atomic E-state index is 11.9. The lowest BCUT2D eigenvalue weighted by molar-refractivity contribution is -0.125. The first-order valence-corrected chi connectivity index (χ1v) is 6.15. The fraction of sp³-hybridized carbons (Fsp3) is 0.750. The van der Waals surface area contributed by atoms with Crippen LogP contribution in [0.2, 0.25) is 0 Å².